The van der Waals surface area contributed by atoms with Crippen molar-refractivity contribution in [2.24, 2.45) is 0 Å². The van der Waals surface area contributed by atoms with Gasteiger partial charge in [-0.05, 0) is 48.6 Å². The Bertz CT molecular complexity index is 607. The van der Waals surface area contributed by atoms with Crippen LogP contribution in [0.1, 0.15) is 17.1 Å². The summed E-state index contributed by atoms with van der Waals surface area (Å²) in [7, 11) is 0. The van der Waals surface area contributed by atoms with Crippen molar-refractivity contribution < 1.29 is 0 Å². The third-order valence-corrected chi connectivity index (χ3v) is 4.77. The second-order valence-electron chi connectivity index (χ2n) is 4.01. The van der Waals surface area contributed by atoms with Gasteiger partial charge in [0.05, 0.1) is 15.0 Å². The highest BCUT2D eigenvalue weighted by molar-refractivity contribution is 14.1. The molecular weight excluding hydrogens is 359 g/mol. The van der Waals surface area contributed by atoms with Gasteiger partial charge in [-0.2, -0.15) is 0 Å². The third kappa shape index (κ3) is 3.35. The second-order valence-corrected chi connectivity index (χ2v) is 6.14. The fraction of sp³-hybridized carbons (Fsp3) is 0.231. The minimum absolute atomic E-state index is 0.0531. The Balaban J connectivity index is 2.11. The zero-order valence-corrected chi connectivity index (χ0v) is 13.1. The summed E-state index contributed by atoms with van der Waals surface area (Å²) >= 11 is 3.69. The number of H-pyrrole nitrogens is 1. The van der Waals surface area contributed by atoms with Gasteiger partial charge in [-0.15, -0.1) is 11.8 Å². The lowest BCUT2D eigenvalue weighted by Gasteiger charge is -2.04. The molecule has 1 N–H and O–H groups in total. The predicted octanol–water partition coefficient (Wildman–Crippen LogP) is 3.28. The van der Waals surface area contributed by atoms with E-state index in [-0.39, 0.29) is 5.56 Å². The zero-order valence-electron chi connectivity index (χ0n) is 10.2. The first-order chi connectivity index (χ1) is 8.56. The van der Waals surface area contributed by atoms with E-state index >= 15 is 0 Å². The maximum Gasteiger partial charge on any atom is 0.264 e. The smallest absolute Gasteiger partial charge is 0.264 e. The predicted molar refractivity (Wildman–Crippen MR) is 83.1 cm³/mol. The summed E-state index contributed by atoms with van der Waals surface area (Å²) in [6.45, 7) is 3.92. The van der Waals surface area contributed by atoms with Crippen molar-refractivity contribution in [3.63, 3.8) is 0 Å². The Morgan fingerprint density at radius 2 is 1.94 bits per heavy atom. The number of nitrogens with zero attached hydrogens (tertiary/aromatic N) is 1. The summed E-state index contributed by atoms with van der Waals surface area (Å²) in [5, 5.41) is 0. The first-order valence-electron chi connectivity index (χ1n) is 5.51. The first-order valence-corrected chi connectivity index (χ1v) is 7.57. The molecule has 0 amide bonds. The minimum Gasteiger partial charge on any atom is -0.309 e. The van der Waals surface area contributed by atoms with Crippen LogP contribution in [0, 0.1) is 17.4 Å². The van der Waals surface area contributed by atoms with Crippen molar-refractivity contribution in [3.05, 3.63) is 55.3 Å². The Labute approximate surface area is 124 Å². The summed E-state index contributed by atoms with van der Waals surface area (Å²) < 4.78 is 0.664. The number of aromatic nitrogens is 2. The van der Waals surface area contributed by atoms with Crippen molar-refractivity contribution >= 4 is 34.4 Å². The number of benzene rings is 1. The molecule has 0 bridgehead atoms. The second kappa shape index (κ2) is 5.88. The van der Waals surface area contributed by atoms with Crippen LogP contribution in [-0.4, -0.2) is 9.97 Å². The molecule has 0 fully saturated rings. The number of thioether (sulfide) groups is 1. The maximum absolute atomic E-state index is 11.6. The van der Waals surface area contributed by atoms with E-state index in [0.29, 0.717) is 9.32 Å². The maximum atomic E-state index is 11.6. The Kier molecular flexibility index (Phi) is 4.45. The van der Waals surface area contributed by atoms with Crippen LogP contribution in [0.2, 0.25) is 0 Å². The molecule has 0 saturated heterocycles. The van der Waals surface area contributed by atoms with E-state index < -0.39 is 0 Å². The molecule has 0 unspecified atom stereocenters. The summed E-state index contributed by atoms with van der Waals surface area (Å²) in [4.78, 5) is 20.0. The Morgan fingerprint density at radius 1 is 1.28 bits per heavy atom. The lowest BCUT2D eigenvalue weighted by molar-refractivity contribution is 0.953. The van der Waals surface area contributed by atoms with Gasteiger partial charge in [0.15, 0.2) is 0 Å². The first kappa shape index (κ1) is 13.6. The average molecular weight is 372 g/mol. The van der Waals surface area contributed by atoms with Gasteiger partial charge < -0.3 is 4.98 Å². The molecule has 0 saturated carbocycles. The number of rotatable bonds is 3. The van der Waals surface area contributed by atoms with Crippen LogP contribution in [0.4, 0.5) is 0 Å². The SMILES string of the molecule is Cc1ccc(SCc2nc(C)c(I)c(=O)[nH]2)cc1. The van der Waals surface area contributed by atoms with Gasteiger partial charge in [-0.25, -0.2) is 4.98 Å². The molecule has 18 heavy (non-hydrogen) atoms. The molecule has 0 radical (unpaired) electrons. The molecule has 0 aliphatic rings. The molecule has 1 aromatic carbocycles. The number of aromatic amines is 1. The number of aryl methyl sites for hydroxylation is 2. The highest BCUT2D eigenvalue weighted by Gasteiger charge is 2.05. The number of hydrogen-bond donors (Lipinski definition) is 1. The summed E-state index contributed by atoms with van der Waals surface area (Å²) in [6, 6.07) is 8.32. The molecule has 0 atom stereocenters. The van der Waals surface area contributed by atoms with Gasteiger partial charge >= 0.3 is 0 Å². The van der Waals surface area contributed by atoms with E-state index in [1.807, 2.05) is 29.5 Å². The van der Waals surface area contributed by atoms with E-state index in [2.05, 4.69) is 41.2 Å². The standard InChI is InChI=1S/C13H13IN2OS/c1-8-3-5-10(6-4-8)18-7-11-15-9(2)12(14)13(17)16-11/h3-6H,7H2,1-2H3,(H,15,16,17). The van der Waals surface area contributed by atoms with Gasteiger partial charge in [0, 0.05) is 4.90 Å². The van der Waals surface area contributed by atoms with Crippen molar-refractivity contribution in [3.8, 4) is 0 Å². The van der Waals surface area contributed by atoms with Crippen LogP contribution >= 0.6 is 34.4 Å². The van der Waals surface area contributed by atoms with E-state index in [1.54, 1.807) is 11.8 Å². The highest BCUT2D eigenvalue weighted by atomic mass is 127. The van der Waals surface area contributed by atoms with Gasteiger partial charge in [0.1, 0.15) is 5.82 Å². The van der Waals surface area contributed by atoms with Crippen LogP contribution in [0.25, 0.3) is 0 Å². The number of nitrogens with one attached hydrogen (secondary N) is 1. The highest BCUT2D eigenvalue weighted by Crippen LogP contribution is 2.21. The molecule has 0 spiro atoms. The Hall–Kier alpha value is -0.820. The van der Waals surface area contributed by atoms with Crippen LogP contribution in [0.5, 0.6) is 0 Å². The third-order valence-electron chi connectivity index (χ3n) is 2.47. The lowest BCUT2D eigenvalue weighted by atomic mass is 10.2. The van der Waals surface area contributed by atoms with Crippen LogP contribution in [0.15, 0.2) is 34.0 Å². The molecule has 3 nitrogen and oxygen atoms in total. The summed E-state index contributed by atoms with van der Waals surface area (Å²) in [5.74, 6) is 1.40. The van der Waals surface area contributed by atoms with E-state index in [9.17, 15) is 4.79 Å². The van der Waals surface area contributed by atoms with Crippen LogP contribution in [0.3, 0.4) is 0 Å². The molecular formula is C13H13IN2OS. The molecule has 2 rings (SSSR count). The summed E-state index contributed by atoms with van der Waals surface area (Å²) in [6.07, 6.45) is 0. The molecule has 94 valence electrons. The molecule has 0 aliphatic carbocycles. The lowest BCUT2D eigenvalue weighted by Crippen LogP contribution is -2.16. The quantitative estimate of drug-likeness (QED) is 0.665. The zero-order chi connectivity index (χ0) is 13.1. The van der Waals surface area contributed by atoms with E-state index in [1.165, 1.54) is 10.5 Å². The van der Waals surface area contributed by atoms with Crippen molar-refractivity contribution in [2.45, 2.75) is 24.5 Å². The molecule has 1 aromatic heterocycles. The van der Waals surface area contributed by atoms with Crippen LogP contribution in [-0.2, 0) is 5.75 Å². The summed E-state index contributed by atoms with van der Waals surface area (Å²) in [5.41, 5.74) is 1.98. The molecule has 1 heterocycles. The monoisotopic (exact) mass is 372 g/mol. The van der Waals surface area contributed by atoms with Crippen molar-refractivity contribution in [1.29, 1.82) is 0 Å². The van der Waals surface area contributed by atoms with E-state index in [4.69, 9.17) is 0 Å². The molecule has 5 heteroatoms. The normalized spacial score (nSPS) is 10.6. The van der Waals surface area contributed by atoms with Gasteiger partial charge in [-0.1, -0.05) is 17.7 Å². The molecule has 0 aliphatic heterocycles. The largest absolute Gasteiger partial charge is 0.309 e. The molecule has 2 aromatic rings. The number of halogens is 1. The Morgan fingerprint density at radius 3 is 2.56 bits per heavy atom. The van der Waals surface area contributed by atoms with Crippen molar-refractivity contribution in [2.75, 3.05) is 0 Å². The van der Waals surface area contributed by atoms with Crippen molar-refractivity contribution in [1.82, 2.24) is 9.97 Å². The minimum atomic E-state index is -0.0531. The fourth-order valence-corrected chi connectivity index (χ4v) is 2.51. The van der Waals surface area contributed by atoms with Gasteiger partial charge in [0.2, 0.25) is 0 Å². The van der Waals surface area contributed by atoms with Gasteiger partial charge in [-0.3, -0.25) is 4.79 Å². The topological polar surface area (TPSA) is 45.8 Å². The number of hydrogen-bond acceptors (Lipinski definition) is 3. The van der Waals surface area contributed by atoms with Crippen LogP contribution < -0.4 is 5.56 Å². The van der Waals surface area contributed by atoms with Gasteiger partial charge in [0.25, 0.3) is 5.56 Å². The van der Waals surface area contributed by atoms with E-state index in [0.717, 1.165) is 11.5 Å². The average Bonchev–Trinajstić information content (AvgIpc) is 2.35. The fourth-order valence-electron chi connectivity index (χ4n) is 1.48.